The van der Waals surface area contributed by atoms with Gasteiger partial charge in [0.05, 0.1) is 26.4 Å². The van der Waals surface area contributed by atoms with Crippen LogP contribution in [-0.2, 0) is 0 Å². The number of carbonyl (C=O) groups is 1. The number of hydrogen-bond donors (Lipinski definition) is 1. The van der Waals surface area contributed by atoms with E-state index in [0.29, 0.717) is 18.2 Å². The third-order valence-electron chi connectivity index (χ3n) is 3.09. The minimum Gasteiger partial charge on any atom is -0.322 e. The molecule has 0 saturated carbocycles. The Morgan fingerprint density at radius 2 is 1.58 bits per heavy atom. The molecule has 0 spiro atoms. The van der Waals surface area contributed by atoms with Crippen molar-refractivity contribution in [1.29, 1.82) is 0 Å². The molecule has 0 aliphatic carbocycles. The normalized spacial score (nSPS) is 10.2. The van der Waals surface area contributed by atoms with Crippen molar-refractivity contribution in [3.8, 4) is 0 Å². The van der Waals surface area contributed by atoms with E-state index >= 15 is 0 Å². The molecule has 0 saturated heterocycles. The zero-order chi connectivity index (χ0) is 19.6. The molecular formula is C13H6ClFN4O7. The van der Waals surface area contributed by atoms with Crippen LogP contribution in [0.5, 0.6) is 0 Å². The maximum Gasteiger partial charge on any atom is 0.306 e. The number of benzene rings is 2. The van der Waals surface area contributed by atoms with Gasteiger partial charge in [-0.3, -0.25) is 35.1 Å². The van der Waals surface area contributed by atoms with Crippen LogP contribution in [0.1, 0.15) is 10.4 Å². The monoisotopic (exact) mass is 384 g/mol. The van der Waals surface area contributed by atoms with E-state index < -0.39 is 54.1 Å². The van der Waals surface area contributed by atoms with E-state index in [2.05, 4.69) is 5.32 Å². The second-order valence-corrected chi connectivity index (χ2v) is 5.10. The summed E-state index contributed by atoms with van der Waals surface area (Å²) in [7, 11) is 0. The largest absolute Gasteiger partial charge is 0.322 e. The van der Waals surface area contributed by atoms with Crippen molar-refractivity contribution in [3.63, 3.8) is 0 Å². The highest BCUT2D eigenvalue weighted by Gasteiger charge is 2.26. The van der Waals surface area contributed by atoms with Crippen LogP contribution >= 0.6 is 11.6 Å². The van der Waals surface area contributed by atoms with Gasteiger partial charge in [0, 0.05) is 17.8 Å². The second kappa shape index (κ2) is 7.06. The van der Waals surface area contributed by atoms with E-state index in [1.165, 1.54) is 0 Å². The van der Waals surface area contributed by atoms with Crippen LogP contribution in [0.3, 0.4) is 0 Å². The molecular weight excluding hydrogens is 379 g/mol. The molecule has 0 heterocycles. The fraction of sp³-hybridized carbons (Fsp3) is 0. The first kappa shape index (κ1) is 18.7. The topological polar surface area (TPSA) is 159 Å². The quantitative estimate of drug-likeness (QED) is 0.610. The third kappa shape index (κ3) is 3.70. The van der Waals surface area contributed by atoms with Crippen molar-refractivity contribution in [2.75, 3.05) is 5.32 Å². The molecule has 13 heteroatoms. The fourth-order valence-electron chi connectivity index (χ4n) is 1.93. The number of nitrogens with one attached hydrogen (secondary N) is 1. The Morgan fingerprint density at radius 3 is 2.12 bits per heavy atom. The average molecular weight is 385 g/mol. The van der Waals surface area contributed by atoms with Crippen molar-refractivity contribution in [1.82, 2.24) is 0 Å². The standard InChI is InChI=1S/C13H6ClFN4O7/c14-12-8(4-7(17(21)22)5-11(12)19(25)26)13(20)16-6-1-2-9(15)10(3-6)18(23)24/h1-5H,(H,16,20). The van der Waals surface area contributed by atoms with Crippen molar-refractivity contribution >= 4 is 40.3 Å². The number of anilines is 1. The molecule has 0 radical (unpaired) electrons. The summed E-state index contributed by atoms with van der Waals surface area (Å²) in [6.07, 6.45) is 0. The van der Waals surface area contributed by atoms with E-state index in [-0.39, 0.29) is 5.69 Å². The van der Waals surface area contributed by atoms with Crippen LogP contribution in [0.4, 0.5) is 27.1 Å². The number of hydrogen-bond acceptors (Lipinski definition) is 7. The van der Waals surface area contributed by atoms with Gasteiger partial charge in [0.15, 0.2) is 0 Å². The van der Waals surface area contributed by atoms with Crippen molar-refractivity contribution in [3.05, 3.63) is 77.1 Å². The molecule has 134 valence electrons. The Balaban J connectivity index is 2.47. The molecule has 0 bridgehead atoms. The molecule has 26 heavy (non-hydrogen) atoms. The van der Waals surface area contributed by atoms with Crippen LogP contribution < -0.4 is 5.32 Å². The van der Waals surface area contributed by atoms with Crippen LogP contribution in [0, 0.1) is 36.2 Å². The highest BCUT2D eigenvalue weighted by Crippen LogP contribution is 2.33. The Hall–Kier alpha value is -3.67. The first-order valence-electron chi connectivity index (χ1n) is 6.49. The molecule has 1 amide bonds. The molecule has 2 rings (SSSR count). The van der Waals surface area contributed by atoms with Crippen molar-refractivity contribution in [2.45, 2.75) is 0 Å². The molecule has 0 aromatic heterocycles. The number of nitro benzene ring substituents is 3. The first-order valence-corrected chi connectivity index (χ1v) is 6.87. The highest BCUT2D eigenvalue weighted by molar-refractivity contribution is 6.36. The predicted molar refractivity (Wildman–Crippen MR) is 85.8 cm³/mol. The van der Waals surface area contributed by atoms with E-state index in [9.17, 15) is 39.5 Å². The number of halogens is 2. The van der Waals surface area contributed by atoms with Crippen LogP contribution in [0.25, 0.3) is 0 Å². The number of rotatable bonds is 5. The third-order valence-corrected chi connectivity index (χ3v) is 3.49. The first-order chi connectivity index (χ1) is 12.1. The molecule has 0 fully saturated rings. The number of amides is 1. The average Bonchev–Trinajstić information content (AvgIpc) is 2.55. The summed E-state index contributed by atoms with van der Waals surface area (Å²) < 4.78 is 13.3. The molecule has 0 unspecified atom stereocenters. The van der Waals surface area contributed by atoms with Crippen LogP contribution in [0.2, 0.25) is 5.02 Å². The smallest absolute Gasteiger partial charge is 0.306 e. The Labute approximate surface area is 147 Å². The van der Waals surface area contributed by atoms with Crippen LogP contribution in [0.15, 0.2) is 30.3 Å². The lowest BCUT2D eigenvalue weighted by Gasteiger charge is -2.07. The predicted octanol–water partition coefficient (Wildman–Crippen LogP) is 3.46. The molecule has 2 aromatic rings. The summed E-state index contributed by atoms with van der Waals surface area (Å²) in [6.45, 7) is 0. The van der Waals surface area contributed by atoms with E-state index in [4.69, 9.17) is 11.6 Å². The van der Waals surface area contributed by atoms with E-state index in [1.807, 2.05) is 0 Å². The SMILES string of the molecule is O=C(Nc1ccc(F)c([N+](=O)[O-])c1)c1cc([N+](=O)[O-])cc([N+](=O)[O-])c1Cl. The number of non-ortho nitro benzene ring substituents is 1. The van der Waals surface area contributed by atoms with Gasteiger partial charge in [-0.05, 0) is 12.1 Å². The zero-order valence-electron chi connectivity index (χ0n) is 12.3. The molecule has 0 atom stereocenters. The minimum absolute atomic E-state index is 0.215. The van der Waals surface area contributed by atoms with Crippen molar-refractivity contribution < 1.29 is 24.0 Å². The lowest BCUT2D eigenvalue weighted by atomic mass is 10.1. The lowest BCUT2D eigenvalue weighted by Crippen LogP contribution is -2.14. The number of carbonyl (C=O) groups excluding carboxylic acids is 1. The second-order valence-electron chi connectivity index (χ2n) is 4.72. The van der Waals surface area contributed by atoms with Gasteiger partial charge < -0.3 is 5.32 Å². The van der Waals surface area contributed by atoms with Gasteiger partial charge in [-0.15, -0.1) is 0 Å². The van der Waals surface area contributed by atoms with E-state index in [0.717, 1.165) is 12.1 Å². The number of nitrogens with zero attached hydrogens (tertiary/aromatic N) is 3. The van der Waals surface area contributed by atoms with Crippen LogP contribution in [-0.4, -0.2) is 20.7 Å². The summed E-state index contributed by atoms with van der Waals surface area (Å²) >= 11 is 5.76. The van der Waals surface area contributed by atoms with Gasteiger partial charge in [0.2, 0.25) is 5.82 Å². The Bertz CT molecular complexity index is 966. The summed E-state index contributed by atoms with van der Waals surface area (Å²) in [6, 6.07) is 3.74. The minimum atomic E-state index is -1.14. The summed E-state index contributed by atoms with van der Waals surface area (Å²) in [4.78, 5) is 41.8. The fourth-order valence-corrected chi connectivity index (χ4v) is 2.19. The molecule has 0 aliphatic heterocycles. The molecule has 2 aromatic carbocycles. The zero-order valence-corrected chi connectivity index (χ0v) is 13.1. The van der Waals surface area contributed by atoms with Gasteiger partial charge in [0.25, 0.3) is 17.3 Å². The molecule has 11 nitrogen and oxygen atoms in total. The summed E-state index contributed by atoms with van der Waals surface area (Å²) in [5.74, 6) is -2.25. The Morgan fingerprint density at radius 1 is 0.962 bits per heavy atom. The lowest BCUT2D eigenvalue weighted by molar-refractivity contribution is -0.394. The van der Waals surface area contributed by atoms with Crippen molar-refractivity contribution in [2.24, 2.45) is 0 Å². The van der Waals surface area contributed by atoms with E-state index in [1.54, 1.807) is 0 Å². The van der Waals surface area contributed by atoms with Gasteiger partial charge in [-0.1, -0.05) is 11.6 Å². The van der Waals surface area contributed by atoms with Gasteiger partial charge in [-0.25, -0.2) is 0 Å². The molecule has 1 N–H and O–H groups in total. The van der Waals surface area contributed by atoms with Gasteiger partial charge in [-0.2, -0.15) is 4.39 Å². The van der Waals surface area contributed by atoms with Gasteiger partial charge in [0.1, 0.15) is 5.02 Å². The molecule has 0 aliphatic rings. The maximum absolute atomic E-state index is 13.3. The highest BCUT2D eigenvalue weighted by atomic mass is 35.5. The summed E-state index contributed by atoms with van der Waals surface area (Å²) in [5, 5.41) is 34.0. The maximum atomic E-state index is 13.3. The summed E-state index contributed by atoms with van der Waals surface area (Å²) in [5.41, 5.74) is -3.35. The number of nitro groups is 3. The van der Waals surface area contributed by atoms with Gasteiger partial charge >= 0.3 is 5.69 Å². The Kier molecular flexibility index (Phi) is 5.07.